The van der Waals surface area contributed by atoms with Crippen LogP contribution in [-0.4, -0.2) is 48.4 Å². The number of halogens is 3. The van der Waals surface area contributed by atoms with Crippen molar-refractivity contribution in [3.05, 3.63) is 72.9 Å². The van der Waals surface area contributed by atoms with Gasteiger partial charge >= 0.3 is 6.18 Å². The van der Waals surface area contributed by atoms with Crippen LogP contribution in [0.4, 0.5) is 13.2 Å². The first-order valence-corrected chi connectivity index (χ1v) is 10.0. The van der Waals surface area contributed by atoms with Crippen LogP contribution in [0.25, 0.3) is 17.1 Å². The van der Waals surface area contributed by atoms with E-state index in [1.54, 1.807) is 4.57 Å². The molecule has 0 saturated carbocycles. The van der Waals surface area contributed by atoms with Gasteiger partial charge in [-0.05, 0) is 18.2 Å². The number of hydrazine groups is 1. The highest BCUT2D eigenvalue weighted by atomic mass is 32.2. The van der Waals surface area contributed by atoms with Crippen LogP contribution in [0.5, 0.6) is 0 Å². The molecule has 3 aromatic rings. The maximum Gasteiger partial charge on any atom is 0.442 e. The number of carbonyl (C=O) groups is 1. The van der Waals surface area contributed by atoms with Crippen molar-refractivity contribution in [2.45, 2.75) is 17.1 Å². The second-order valence-corrected chi connectivity index (χ2v) is 7.49. The molecule has 4 rings (SSSR count). The van der Waals surface area contributed by atoms with E-state index >= 15 is 0 Å². The zero-order valence-corrected chi connectivity index (χ0v) is 16.6. The van der Waals surface area contributed by atoms with Gasteiger partial charge in [-0.2, -0.15) is 13.2 Å². The molecule has 0 bridgehead atoms. The molecule has 2 heterocycles. The average molecular weight is 447 g/mol. The summed E-state index contributed by atoms with van der Waals surface area (Å²) in [6, 6.07) is 18.4. The second kappa shape index (κ2) is 8.08. The minimum Gasteiger partial charge on any atom is -0.359 e. The molecule has 0 fully saturated rings. The number of nitrogens with one attached hydrogen (secondary N) is 1. The third-order valence-electron chi connectivity index (χ3n) is 4.53. The minimum atomic E-state index is -5.06. The summed E-state index contributed by atoms with van der Waals surface area (Å²) in [6.45, 7) is 0. The summed E-state index contributed by atoms with van der Waals surface area (Å²) in [5.41, 5.74) is 0.251. The van der Waals surface area contributed by atoms with E-state index in [0.29, 0.717) is 17.1 Å². The summed E-state index contributed by atoms with van der Waals surface area (Å²) >= 11 is 0.916. The van der Waals surface area contributed by atoms with Crippen LogP contribution in [0.1, 0.15) is 0 Å². The summed E-state index contributed by atoms with van der Waals surface area (Å²) in [6.07, 6.45) is -3.70. The third-order valence-corrected chi connectivity index (χ3v) is 5.45. The van der Waals surface area contributed by atoms with Gasteiger partial charge in [-0.15, -0.1) is 10.2 Å². The third kappa shape index (κ3) is 3.89. The van der Waals surface area contributed by atoms with Gasteiger partial charge in [0.15, 0.2) is 11.0 Å². The molecular formula is C20H16F3N5O2S. The molecule has 0 unspecified atom stereocenters. The topological polar surface area (TPSA) is 83.3 Å². The number of thioether (sulfide) groups is 1. The first-order valence-electron chi connectivity index (χ1n) is 9.06. The van der Waals surface area contributed by atoms with Crippen LogP contribution in [0.2, 0.25) is 0 Å². The van der Waals surface area contributed by atoms with Crippen molar-refractivity contribution >= 4 is 17.7 Å². The van der Waals surface area contributed by atoms with Gasteiger partial charge in [0, 0.05) is 17.5 Å². The van der Waals surface area contributed by atoms with Crippen molar-refractivity contribution < 1.29 is 23.1 Å². The van der Waals surface area contributed by atoms with E-state index in [9.17, 15) is 23.1 Å². The molecule has 1 aliphatic heterocycles. The molecule has 11 heteroatoms. The van der Waals surface area contributed by atoms with Gasteiger partial charge in [-0.3, -0.25) is 9.36 Å². The molecule has 160 valence electrons. The molecule has 7 nitrogen and oxygen atoms in total. The fourth-order valence-corrected chi connectivity index (χ4v) is 3.82. The number of rotatable bonds is 5. The lowest BCUT2D eigenvalue weighted by Gasteiger charge is -2.33. The maximum atomic E-state index is 13.2. The largest absolute Gasteiger partial charge is 0.442 e. The van der Waals surface area contributed by atoms with Crippen LogP contribution in [0, 0.1) is 0 Å². The molecule has 2 aromatic carbocycles. The van der Waals surface area contributed by atoms with Gasteiger partial charge in [0.2, 0.25) is 0 Å². The lowest BCUT2D eigenvalue weighted by molar-refractivity contribution is -0.288. The van der Waals surface area contributed by atoms with Crippen molar-refractivity contribution in [1.29, 1.82) is 0 Å². The molecule has 1 aliphatic rings. The van der Waals surface area contributed by atoms with Gasteiger partial charge < -0.3 is 10.5 Å². The molecule has 1 aromatic heterocycles. The van der Waals surface area contributed by atoms with Crippen LogP contribution in [0.3, 0.4) is 0 Å². The molecule has 0 aliphatic carbocycles. The summed E-state index contributed by atoms with van der Waals surface area (Å²) in [7, 11) is 0. The molecular weight excluding hydrogens is 431 g/mol. The number of aliphatic hydroxyl groups is 1. The van der Waals surface area contributed by atoms with Gasteiger partial charge in [0.25, 0.3) is 11.6 Å². The van der Waals surface area contributed by atoms with Gasteiger partial charge in [0.05, 0.1) is 5.75 Å². The summed E-state index contributed by atoms with van der Waals surface area (Å²) < 4.78 is 41.4. The average Bonchev–Trinajstić information content (AvgIpc) is 3.37. The Morgan fingerprint density at radius 1 is 1.06 bits per heavy atom. The molecule has 0 saturated heterocycles. The van der Waals surface area contributed by atoms with Crippen molar-refractivity contribution in [1.82, 2.24) is 25.2 Å². The summed E-state index contributed by atoms with van der Waals surface area (Å²) in [5.74, 6) is -0.861. The van der Waals surface area contributed by atoms with E-state index in [1.807, 2.05) is 60.7 Å². The van der Waals surface area contributed by atoms with E-state index in [-0.39, 0.29) is 5.01 Å². The normalized spacial score (nSPS) is 18.3. The number of nitrogens with zero attached hydrogens (tertiary/aromatic N) is 4. The Bertz CT molecular complexity index is 1110. The number of hydrogen-bond donors (Lipinski definition) is 2. The van der Waals surface area contributed by atoms with Crippen molar-refractivity contribution in [2.75, 3.05) is 5.75 Å². The van der Waals surface area contributed by atoms with E-state index in [1.165, 1.54) is 0 Å². The highest BCUT2D eigenvalue weighted by molar-refractivity contribution is 7.99. The molecule has 2 N–H and O–H groups in total. The standard InChI is InChI=1S/C20H16F3N5O2S/c21-20(22,23)19(30)11-12-24-28(19)16(29)13-31-18-26-25-17(14-7-3-1-4-8-14)27(18)15-9-5-2-6-10-15/h1-12,24,30H,13H2/t19-/m0/s1. The number of para-hydroxylation sites is 1. The maximum absolute atomic E-state index is 13.2. The first-order chi connectivity index (χ1) is 14.8. The number of hydrogen-bond acceptors (Lipinski definition) is 6. The quantitative estimate of drug-likeness (QED) is 0.585. The molecule has 1 amide bonds. The van der Waals surface area contributed by atoms with E-state index in [2.05, 4.69) is 15.6 Å². The molecule has 0 radical (unpaired) electrons. The highest BCUT2D eigenvalue weighted by Crippen LogP contribution is 2.36. The van der Waals surface area contributed by atoms with Crippen LogP contribution < -0.4 is 5.43 Å². The molecule has 31 heavy (non-hydrogen) atoms. The zero-order chi connectivity index (χ0) is 22.1. The van der Waals surface area contributed by atoms with Crippen molar-refractivity contribution in [3.8, 4) is 17.1 Å². The number of carbonyl (C=O) groups excluding carboxylic acids is 1. The first kappa shape index (κ1) is 20.9. The number of benzene rings is 2. The van der Waals surface area contributed by atoms with Crippen molar-refractivity contribution in [3.63, 3.8) is 0 Å². The number of aromatic nitrogens is 3. The van der Waals surface area contributed by atoms with Gasteiger partial charge in [-0.25, -0.2) is 5.01 Å². The van der Waals surface area contributed by atoms with Gasteiger partial charge in [-0.1, -0.05) is 60.3 Å². The second-order valence-electron chi connectivity index (χ2n) is 6.55. The predicted octanol–water partition coefficient (Wildman–Crippen LogP) is 3.14. The van der Waals surface area contributed by atoms with E-state index < -0.39 is 23.6 Å². The monoisotopic (exact) mass is 447 g/mol. The van der Waals surface area contributed by atoms with E-state index in [0.717, 1.165) is 29.2 Å². The van der Waals surface area contributed by atoms with Crippen LogP contribution >= 0.6 is 11.8 Å². The number of alkyl halides is 3. The Kier molecular flexibility index (Phi) is 5.46. The lowest BCUT2D eigenvalue weighted by atomic mass is 10.2. The zero-order valence-electron chi connectivity index (χ0n) is 15.8. The SMILES string of the molecule is O=C(CSc1nnc(-c2ccccc2)n1-c1ccccc1)N1NC=C[C@]1(O)C(F)(F)F. The van der Waals surface area contributed by atoms with E-state index in [4.69, 9.17) is 0 Å². The fraction of sp³-hybridized carbons (Fsp3) is 0.150. The predicted molar refractivity (Wildman–Crippen MR) is 108 cm³/mol. The van der Waals surface area contributed by atoms with Gasteiger partial charge in [0.1, 0.15) is 0 Å². The lowest BCUT2D eigenvalue weighted by Crippen LogP contribution is -2.60. The summed E-state index contributed by atoms with van der Waals surface area (Å²) in [4.78, 5) is 12.5. The Hall–Kier alpha value is -3.31. The molecule has 0 spiro atoms. The Labute approximate surface area is 179 Å². The summed E-state index contributed by atoms with van der Waals surface area (Å²) in [5, 5.41) is 18.8. The molecule has 1 atom stereocenters. The highest BCUT2D eigenvalue weighted by Gasteiger charge is 2.60. The Morgan fingerprint density at radius 2 is 1.71 bits per heavy atom. The Balaban J connectivity index is 1.61. The Morgan fingerprint density at radius 3 is 2.35 bits per heavy atom. The van der Waals surface area contributed by atoms with Crippen LogP contribution in [-0.2, 0) is 4.79 Å². The van der Waals surface area contributed by atoms with Crippen LogP contribution in [0.15, 0.2) is 78.1 Å². The minimum absolute atomic E-state index is 0.154. The van der Waals surface area contributed by atoms with Crippen molar-refractivity contribution in [2.24, 2.45) is 0 Å². The smallest absolute Gasteiger partial charge is 0.359 e. The fourth-order valence-electron chi connectivity index (χ4n) is 3.02. The number of amides is 1.